The van der Waals surface area contributed by atoms with Crippen LogP contribution < -0.4 is 10.2 Å². The summed E-state index contributed by atoms with van der Waals surface area (Å²) in [5, 5.41) is 6.83. The van der Waals surface area contributed by atoms with Gasteiger partial charge in [0.05, 0.1) is 0 Å². The summed E-state index contributed by atoms with van der Waals surface area (Å²) >= 11 is 1.82. The van der Waals surface area contributed by atoms with Crippen molar-refractivity contribution in [2.24, 2.45) is 5.92 Å². The minimum absolute atomic E-state index is 0.804. The van der Waals surface area contributed by atoms with Gasteiger partial charge in [-0.1, -0.05) is 0 Å². The van der Waals surface area contributed by atoms with E-state index in [1.54, 1.807) is 0 Å². The van der Waals surface area contributed by atoms with Crippen LogP contribution in [-0.4, -0.2) is 26.7 Å². The molecular weight excluding hydrogens is 228 g/mol. The molecule has 17 heavy (non-hydrogen) atoms. The van der Waals surface area contributed by atoms with E-state index in [0.29, 0.717) is 0 Å². The highest BCUT2D eigenvalue weighted by atomic mass is 32.1. The molecule has 1 N–H and O–H groups in total. The molecule has 1 atom stereocenters. The zero-order chi connectivity index (χ0) is 11.7. The van der Waals surface area contributed by atoms with Gasteiger partial charge < -0.3 is 10.2 Å². The first-order valence-corrected chi connectivity index (χ1v) is 7.11. The van der Waals surface area contributed by atoms with Gasteiger partial charge in [0.1, 0.15) is 0 Å². The minimum atomic E-state index is 0.804. The highest BCUT2D eigenvalue weighted by Gasteiger charge is 2.21. The highest BCUT2D eigenvalue weighted by Crippen LogP contribution is 2.29. The van der Waals surface area contributed by atoms with Crippen molar-refractivity contribution in [3.8, 4) is 0 Å². The quantitative estimate of drug-likeness (QED) is 0.895. The Morgan fingerprint density at radius 2 is 2.35 bits per heavy atom. The zero-order valence-electron chi connectivity index (χ0n) is 10.1. The smallest absolute Gasteiger partial charge is 0.0373 e. The largest absolute Gasteiger partial charge is 0.371 e. The van der Waals surface area contributed by atoms with Crippen LogP contribution in [0.2, 0.25) is 0 Å². The molecule has 2 nitrogen and oxygen atoms in total. The van der Waals surface area contributed by atoms with E-state index < -0.39 is 0 Å². The third-order valence-electron chi connectivity index (χ3n) is 3.58. The van der Waals surface area contributed by atoms with Crippen molar-refractivity contribution < 1.29 is 0 Å². The van der Waals surface area contributed by atoms with E-state index >= 15 is 0 Å². The average Bonchev–Trinajstić information content (AvgIpc) is 2.96. The van der Waals surface area contributed by atoms with Gasteiger partial charge in [-0.2, -0.15) is 0 Å². The number of anilines is 1. The maximum Gasteiger partial charge on any atom is 0.0373 e. The van der Waals surface area contributed by atoms with Gasteiger partial charge in [0.25, 0.3) is 0 Å². The molecule has 2 heterocycles. The third-order valence-corrected chi connectivity index (χ3v) is 4.48. The summed E-state index contributed by atoms with van der Waals surface area (Å²) in [6.07, 6.45) is 1.31. The molecule has 3 heteroatoms. The SMILES string of the molecule is CNCC1CCN(c2ccc3sccc3c2)C1. The summed E-state index contributed by atoms with van der Waals surface area (Å²) in [7, 11) is 2.04. The Morgan fingerprint density at radius 3 is 3.24 bits per heavy atom. The Kier molecular flexibility index (Phi) is 3.04. The summed E-state index contributed by atoms with van der Waals surface area (Å²) in [6.45, 7) is 3.52. The molecule has 1 fully saturated rings. The van der Waals surface area contributed by atoms with Crippen LogP contribution in [-0.2, 0) is 0 Å². The molecule has 3 rings (SSSR count). The second kappa shape index (κ2) is 4.67. The molecule has 1 aromatic carbocycles. The van der Waals surface area contributed by atoms with Crippen molar-refractivity contribution in [2.75, 3.05) is 31.6 Å². The van der Waals surface area contributed by atoms with E-state index in [-0.39, 0.29) is 0 Å². The Hall–Kier alpha value is -1.06. The molecule has 0 radical (unpaired) electrons. The van der Waals surface area contributed by atoms with E-state index in [2.05, 4.69) is 39.9 Å². The fraction of sp³-hybridized carbons (Fsp3) is 0.429. The number of nitrogens with one attached hydrogen (secondary N) is 1. The minimum Gasteiger partial charge on any atom is -0.371 e. The number of fused-ring (bicyclic) bond motifs is 1. The topological polar surface area (TPSA) is 15.3 Å². The lowest BCUT2D eigenvalue weighted by molar-refractivity contribution is 0.549. The van der Waals surface area contributed by atoms with Crippen LogP contribution in [0.15, 0.2) is 29.6 Å². The number of hydrogen-bond donors (Lipinski definition) is 1. The van der Waals surface area contributed by atoms with Crippen LogP contribution in [0, 0.1) is 5.92 Å². The van der Waals surface area contributed by atoms with Gasteiger partial charge in [0.15, 0.2) is 0 Å². The Labute approximate surface area is 106 Å². The third kappa shape index (κ3) is 2.17. The zero-order valence-corrected chi connectivity index (χ0v) is 11.0. The van der Waals surface area contributed by atoms with E-state index in [1.165, 1.54) is 35.3 Å². The predicted molar refractivity (Wildman–Crippen MR) is 76.1 cm³/mol. The van der Waals surface area contributed by atoms with Crippen molar-refractivity contribution >= 4 is 27.1 Å². The van der Waals surface area contributed by atoms with Crippen LogP contribution in [0.4, 0.5) is 5.69 Å². The number of hydrogen-bond acceptors (Lipinski definition) is 3. The summed E-state index contributed by atoms with van der Waals surface area (Å²) < 4.78 is 1.39. The van der Waals surface area contributed by atoms with Crippen LogP contribution in [0.1, 0.15) is 6.42 Å². The molecule has 0 amide bonds. The number of rotatable bonds is 3. The Bertz CT molecular complexity index is 506. The van der Waals surface area contributed by atoms with E-state index in [9.17, 15) is 0 Å². The molecule has 1 aromatic heterocycles. The lowest BCUT2D eigenvalue weighted by Crippen LogP contribution is -2.24. The van der Waals surface area contributed by atoms with E-state index in [4.69, 9.17) is 0 Å². The van der Waals surface area contributed by atoms with Gasteiger partial charge in [-0.3, -0.25) is 0 Å². The van der Waals surface area contributed by atoms with Crippen LogP contribution in [0.25, 0.3) is 10.1 Å². The highest BCUT2D eigenvalue weighted by molar-refractivity contribution is 7.17. The average molecular weight is 246 g/mol. The van der Waals surface area contributed by atoms with Crippen molar-refractivity contribution in [1.29, 1.82) is 0 Å². The molecule has 1 unspecified atom stereocenters. The van der Waals surface area contributed by atoms with E-state index in [0.717, 1.165) is 12.5 Å². The fourth-order valence-corrected chi connectivity index (χ4v) is 3.44. The summed E-state index contributed by atoms with van der Waals surface area (Å²) in [4.78, 5) is 2.51. The second-order valence-corrected chi connectivity index (χ2v) is 5.75. The second-order valence-electron chi connectivity index (χ2n) is 4.80. The van der Waals surface area contributed by atoms with Crippen molar-refractivity contribution in [2.45, 2.75) is 6.42 Å². The molecule has 1 aliphatic rings. The summed E-state index contributed by atoms with van der Waals surface area (Å²) in [5.74, 6) is 0.804. The van der Waals surface area contributed by atoms with Gasteiger partial charge in [-0.05, 0) is 61.0 Å². The summed E-state index contributed by atoms with van der Waals surface area (Å²) in [6, 6.07) is 9.06. The Balaban J connectivity index is 1.80. The molecule has 1 saturated heterocycles. The lowest BCUT2D eigenvalue weighted by atomic mass is 10.1. The van der Waals surface area contributed by atoms with Crippen molar-refractivity contribution in [3.63, 3.8) is 0 Å². The van der Waals surface area contributed by atoms with Crippen molar-refractivity contribution in [1.82, 2.24) is 5.32 Å². The molecule has 0 saturated carbocycles. The first-order chi connectivity index (χ1) is 8.36. The number of benzene rings is 1. The lowest BCUT2D eigenvalue weighted by Gasteiger charge is -2.18. The molecule has 1 aliphatic heterocycles. The number of nitrogens with zero attached hydrogens (tertiary/aromatic N) is 1. The van der Waals surface area contributed by atoms with Crippen molar-refractivity contribution in [3.05, 3.63) is 29.6 Å². The molecule has 0 spiro atoms. The molecule has 2 aromatic rings. The molecule has 0 bridgehead atoms. The molecule has 0 aliphatic carbocycles. The van der Waals surface area contributed by atoms with E-state index in [1.807, 2.05) is 18.4 Å². The predicted octanol–water partition coefficient (Wildman–Crippen LogP) is 2.95. The maximum atomic E-state index is 3.28. The molecular formula is C14H18N2S. The van der Waals surface area contributed by atoms with Crippen LogP contribution >= 0.6 is 11.3 Å². The normalized spacial score (nSPS) is 20.3. The molecule has 90 valence electrons. The monoisotopic (exact) mass is 246 g/mol. The standard InChI is InChI=1S/C14H18N2S/c1-15-9-11-4-6-16(10-11)13-2-3-14-12(8-13)5-7-17-14/h2-3,5,7-8,11,15H,4,6,9-10H2,1H3. The van der Waals surface area contributed by atoms with Crippen LogP contribution in [0.3, 0.4) is 0 Å². The van der Waals surface area contributed by atoms with Gasteiger partial charge in [0.2, 0.25) is 0 Å². The first kappa shape index (κ1) is 11.1. The van der Waals surface area contributed by atoms with Gasteiger partial charge in [0, 0.05) is 23.5 Å². The maximum absolute atomic E-state index is 3.28. The number of thiophene rings is 1. The van der Waals surface area contributed by atoms with Gasteiger partial charge in [-0.15, -0.1) is 11.3 Å². The van der Waals surface area contributed by atoms with Gasteiger partial charge >= 0.3 is 0 Å². The summed E-state index contributed by atoms with van der Waals surface area (Å²) in [5.41, 5.74) is 1.38. The van der Waals surface area contributed by atoms with Gasteiger partial charge in [-0.25, -0.2) is 0 Å². The van der Waals surface area contributed by atoms with Crippen LogP contribution in [0.5, 0.6) is 0 Å². The fourth-order valence-electron chi connectivity index (χ4n) is 2.67. The first-order valence-electron chi connectivity index (χ1n) is 6.23. The Morgan fingerprint density at radius 1 is 1.41 bits per heavy atom.